The van der Waals surface area contributed by atoms with E-state index in [1.807, 2.05) is 6.07 Å². The number of rotatable bonds is 3. The van der Waals surface area contributed by atoms with Crippen LogP contribution in [0.2, 0.25) is 0 Å². The molecule has 1 aliphatic rings. The van der Waals surface area contributed by atoms with Gasteiger partial charge in [-0.3, -0.25) is 10.00 Å². The van der Waals surface area contributed by atoms with Gasteiger partial charge in [0.05, 0.1) is 16.6 Å². The van der Waals surface area contributed by atoms with Gasteiger partial charge in [0.2, 0.25) is 0 Å². The lowest BCUT2D eigenvalue weighted by molar-refractivity contribution is 0.148. The van der Waals surface area contributed by atoms with E-state index < -0.39 is 11.6 Å². The summed E-state index contributed by atoms with van der Waals surface area (Å²) in [6, 6.07) is 8.42. The molecule has 4 aromatic rings. The number of likely N-dealkylation sites (N-methyl/N-ethyl adjacent to an activating group) is 1. The monoisotopic (exact) mass is 382 g/mol. The number of halogens is 2. The van der Waals surface area contributed by atoms with E-state index in [9.17, 15) is 8.78 Å². The number of hydrogen-bond acceptors (Lipinski definition) is 4. The second kappa shape index (κ2) is 6.65. The minimum atomic E-state index is -0.902. The summed E-state index contributed by atoms with van der Waals surface area (Å²) in [4.78, 5) is 12.6. The van der Waals surface area contributed by atoms with E-state index in [4.69, 9.17) is 0 Å². The van der Waals surface area contributed by atoms with Crippen LogP contribution in [0.5, 0.6) is 0 Å². The number of imidazole rings is 1. The second-order valence-electron chi connectivity index (χ2n) is 7.40. The van der Waals surface area contributed by atoms with Gasteiger partial charge in [-0.1, -0.05) is 6.07 Å². The van der Waals surface area contributed by atoms with Gasteiger partial charge in [0.25, 0.3) is 0 Å². The number of nitrogens with one attached hydrogen (secondary N) is 2. The van der Waals surface area contributed by atoms with E-state index in [1.54, 1.807) is 0 Å². The SMILES string of the molecule is CN1CCN(Cc2ccc3nc(-c4n[nH]c5cc(F)c(F)cc45)[nH]c3c2)CC1. The fraction of sp³-hybridized carbons (Fsp3) is 0.300. The van der Waals surface area contributed by atoms with Crippen LogP contribution < -0.4 is 0 Å². The smallest absolute Gasteiger partial charge is 0.160 e. The molecule has 1 aliphatic heterocycles. The Morgan fingerprint density at radius 1 is 1.00 bits per heavy atom. The van der Waals surface area contributed by atoms with Gasteiger partial charge in [-0.2, -0.15) is 5.10 Å². The van der Waals surface area contributed by atoms with Crippen LogP contribution in [-0.2, 0) is 6.54 Å². The lowest BCUT2D eigenvalue weighted by atomic mass is 10.1. The molecule has 0 bridgehead atoms. The van der Waals surface area contributed by atoms with Gasteiger partial charge >= 0.3 is 0 Å². The first-order valence-electron chi connectivity index (χ1n) is 9.30. The van der Waals surface area contributed by atoms with Crippen LogP contribution in [0.1, 0.15) is 5.56 Å². The minimum absolute atomic E-state index is 0.435. The number of piperazine rings is 1. The highest BCUT2D eigenvalue weighted by Crippen LogP contribution is 2.28. The van der Waals surface area contributed by atoms with Gasteiger partial charge in [-0.25, -0.2) is 13.8 Å². The lowest BCUT2D eigenvalue weighted by Crippen LogP contribution is -2.43. The number of hydrogen-bond donors (Lipinski definition) is 2. The van der Waals surface area contributed by atoms with Crippen molar-refractivity contribution in [3.63, 3.8) is 0 Å². The molecule has 144 valence electrons. The predicted molar refractivity (Wildman–Crippen MR) is 104 cm³/mol. The third kappa shape index (κ3) is 3.04. The lowest BCUT2D eigenvalue weighted by Gasteiger charge is -2.32. The van der Waals surface area contributed by atoms with Gasteiger partial charge in [0.1, 0.15) is 5.69 Å². The molecule has 1 fully saturated rings. The minimum Gasteiger partial charge on any atom is -0.337 e. The molecule has 2 aromatic carbocycles. The number of benzene rings is 2. The Kier molecular flexibility index (Phi) is 4.10. The van der Waals surface area contributed by atoms with Crippen LogP contribution >= 0.6 is 0 Å². The van der Waals surface area contributed by atoms with Gasteiger partial charge in [0.15, 0.2) is 17.5 Å². The normalized spacial score (nSPS) is 16.4. The summed E-state index contributed by atoms with van der Waals surface area (Å²) < 4.78 is 27.1. The third-order valence-electron chi connectivity index (χ3n) is 5.38. The molecule has 2 aromatic heterocycles. The highest BCUT2D eigenvalue weighted by atomic mass is 19.2. The van der Waals surface area contributed by atoms with Crippen LogP contribution in [0.3, 0.4) is 0 Å². The number of aromatic nitrogens is 4. The Hall–Kier alpha value is -2.84. The van der Waals surface area contributed by atoms with Crippen molar-refractivity contribution in [3.05, 3.63) is 47.5 Å². The van der Waals surface area contributed by atoms with Crippen molar-refractivity contribution in [2.45, 2.75) is 6.54 Å². The first-order chi connectivity index (χ1) is 13.6. The zero-order valence-corrected chi connectivity index (χ0v) is 15.5. The summed E-state index contributed by atoms with van der Waals surface area (Å²) in [5.74, 6) is -1.27. The molecule has 0 unspecified atom stereocenters. The molecule has 6 nitrogen and oxygen atoms in total. The first kappa shape index (κ1) is 17.3. The molecule has 0 radical (unpaired) electrons. The van der Waals surface area contributed by atoms with Crippen molar-refractivity contribution in [2.24, 2.45) is 0 Å². The summed E-state index contributed by atoms with van der Waals surface area (Å²) in [5.41, 5.74) is 3.85. The number of fused-ring (bicyclic) bond motifs is 2. The summed E-state index contributed by atoms with van der Waals surface area (Å²) in [7, 11) is 2.15. The van der Waals surface area contributed by atoms with Crippen LogP contribution in [0.15, 0.2) is 30.3 Å². The second-order valence-corrected chi connectivity index (χ2v) is 7.40. The molecule has 0 amide bonds. The van der Waals surface area contributed by atoms with Gasteiger partial charge in [-0.15, -0.1) is 0 Å². The van der Waals surface area contributed by atoms with Gasteiger partial charge in [-0.05, 0) is 30.8 Å². The van der Waals surface area contributed by atoms with E-state index in [-0.39, 0.29) is 0 Å². The maximum absolute atomic E-state index is 13.7. The highest BCUT2D eigenvalue weighted by molar-refractivity contribution is 5.93. The summed E-state index contributed by atoms with van der Waals surface area (Å²) in [5, 5.41) is 7.44. The Balaban J connectivity index is 1.46. The van der Waals surface area contributed by atoms with Crippen LogP contribution in [-0.4, -0.2) is 63.2 Å². The van der Waals surface area contributed by atoms with Crippen molar-refractivity contribution in [1.29, 1.82) is 0 Å². The maximum atomic E-state index is 13.7. The van der Waals surface area contributed by atoms with E-state index in [0.29, 0.717) is 22.4 Å². The fourth-order valence-electron chi connectivity index (χ4n) is 3.72. The zero-order valence-electron chi connectivity index (χ0n) is 15.5. The van der Waals surface area contributed by atoms with Crippen molar-refractivity contribution in [1.82, 2.24) is 30.0 Å². The van der Waals surface area contributed by atoms with Crippen molar-refractivity contribution >= 4 is 21.9 Å². The van der Waals surface area contributed by atoms with Gasteiger partial charge < -0.3 is 9.88 Å². The zero-order chi connectivity index (χ0) is 19.3. The molecule has 0 spiro atoms. The van der Waals surface area contributed by atoms with E-state index >= 15 is 0 Å². The average molecular weight is 382 g/mol. The summed E-state index contributed by atoms with van der Waals surface area (Å²) in [6.45, 7) is 5.18. The molecule has 1 saturated heterocycles. The molecule has 2 N–H and O–H groups in total. The first-order valence-corrected chi connectivity index (χ1v) is 9.30. The predicted octanol–water partition coefficient (Wildman–Crippen LogP) is 3.13. The molecule has 8 heteroatoms. The highest BCUT2D eigenvalue weighted by Gasteiger charge is 2.17. The molecule has 3 heterocycles. The average Bonchev–Trinajstić information content (AvgIpc) is 3.27. The quantitative estimate of drug-likeness (QED) is 0.571. The Morgan fingerprint density at radius 2 is 1.79 bits per heavy atom. The van der Waals surface area contributed by atoms with E-state index in [2.05, 4.69) is 49.1 Å². The van der Waals surface area contributed by atoms with Crippen LogP contribution in [0.25, 0.3) is 33.5 Å². The van der Waals surface area contributed by atoms with E-state index in [1.165, 1.54) is 5.56 Å². The van der Waals surface area contributed by atoms with Crippen molar-refractivity contribution in [3.8, 4) is 11.5 Å². The molecule has 0 saturated carbocycles. The van der Waals surface area contributed by atoms with Crippen molar-refractivity contribution in [2.75, 3.05) is 33.2 Å². The van der Waals surface area contributed by atoms with Crippen LogP contribution in [0, 0.1) is 11.6 Å². The Bertz CT molecular complexity index is 1160. The molecule has 28 heavy (non-hydrogen) atoms. The van der Waals surface area contributed by atoms with E-state index in [0.717, 1.165) is 55.9 Å². The third-order valence-corrected chi connectivity index (χ3v) is 5.38. The topological polar surface area (TPSA) is 63.8 Å². The van der Waals surface area contributed by atoms with Crippen LogP contribution in [0.4, 0.5) is 8.78 Å². The fourth-order valence-corrected chi connectivity index (χ4v) is 3.72. The Labute approximate surface area is 160 Å². The molecule has 0 aliphatic carbocycles. The Morgan fingerprint density at radius 3 is 2.61 bits per heavy atom. The largest absolute Gasteiger partial charge is 0.337 e. The maximum Gasteiger partial charge on any atom is 0.160 e. The number of aromatic amines is 2. The van der Waals surface area contributed by atoms with Crippen molar-refractivity contribution < 1.29 is 8.78 Å². The molecular weight excluding hydrogens is 362 g/mol. The summed E-state index contributed by atoms with van der Waals surface area (Å²) >= 11 is 0. The van der Waals surface area contributed by atoms with Gasteiger partial charge in [0, 0.05) is 44.2 Å². The standard InChI is InChI=1S/C20H20F2N6/c1-27-4-6-28(7-5-27)11-12-2-3-16-18(8-12)24-20(23-16)19-13-9-14(21)15(22)10-17(13)25-26-19/h2-3,8-10H,4-7,11H2,1H3,(H,23,24)(H,25,26). The summed E-state index contributed by atoms with van der Waals surface area (Å²) in [6.07, 6.45) is 0. The number of nitrogens with zero attached hydrogens (tertiary/aromatic N) is 4. The number of H-pyrrole nitrogens is 2. The molecule has 0 atom stereocenters. The molecular formula is C20H20F2N6. The molecule has 5 rings (SSSR count).